The summed E-state index contributed by atoms with van der Waals surface area (Å²) in [6.45, 7) is 16.1. The van der Waals surface area contributed by atoms with Crippen LogP contribution in [-0.4, -0.2) is 67.2 Å². The van der Waals surface area contributed by atoms with Gasteiger partial charge in [-0.1, -0.05) is 134 Å². The van der Waals surface area contributed by atoms with Crippen molar-refractivity contribution in [1.29, 1.82) is 0 Å². The number of amides is 4. The molecule has 0 aliphatic rings. The molecular formula is C55H77N5O8. The van der Waals surface area contributed by atoms with Gasteiger partial charge in [0.2, 0.25) is 0 Å². The van der Waals surface area contributed by atoms with Crippen molar-refractivity contribution < 1.29 is 38.4 Å². The summed E-state index contributed by atoms with van der Waals surface area (Å²) in [6.07, 6.45) is 13.0. The molecule has 4 aromatic rings. The van der Waals surface area contributed by atoms with E-state index >= 15 is 0 Å². The van der Waals surface area contributed by atoms with Crippen molar-refractivity contribution in [3.63, 3.8) is 0 Å². The first-order valence-electron chi connectivity index (χ1n) is 24.1. The van der Waals surface area contributed by atoms with E-state index in [9.17, 15) is 33.6 Å². The predicted molar refractivity (Wildman–Crippen MR) is 272 cm³/mol. The SMILES string of the molecule is CCCCCNC(=O)c1ccc(C(C)=O)cc1.CCCCCNC(=O)c1cccc(C(C)=O)c1.CCCCCNC(=O)c1cccc(CON)c1.CCCCCNC(=O)c1ccccc1C(C)=O. The second-order valence-electron chi connectivity index (χ2n) is 16.2. The molecule has 0 aliphatic carbocycles. The number of carbonyl (C=O) groups excluding carboxylic acids is 7. The van der Waals surface area contributed by atoms with Crippen LogP contribution < -0.4 is 27.2 Å². The van der Waals surface area contributed by atoms with Crippen LogP contribution in [0.1, 0.15) is 204 Å². The molecule has 0 aromatic heterocycles. The van der Waals surface area contributed by atoms with Gasteiger partial charge in [0.1, 0.15) is 0 Å². The number of carbonyl (C=O) groups is 7. The lowest BCUT2D eigenvalue weighted by molar-refractivity contribution is 0.0936. The number of Topliss-reactive ketones (excluding diaryl/α,β-unsaturated/α-hetero) is 3. The summed E-state index contributed by atoms with van der Waals surface area (Å²) in [4.78, 5) is 85.3. The molecule has 0 saturated carbocycles. The van der Waals surface area contributed by atoms with Crippen molar-refractivity contribution in [2.75, 3.05) is 26.2 Å². The summed E-state index contributed by atoms with van der Waals surface area (Å²) >= 11 is 0. The third kappa shape index (κ3) is 25.6. The summed E-state index contributed by atoms with van der Waals surface area (Å²) < 4.78 is 0. The van der Waals surface area contributed by atoms with E-state index in [-0.39, 0.29) is 41.0 Å². The minimum atomic E-state index is -0.160. The summed E-state index contributed by atoms with van der Waals surface area (Å²) in [5.41, 5.74) is 4.86. The van der Waals surface area contributed by atoms with Gasteiger partial charge in [0.15, 0.2) is 17.3 Å². The van der Waals surface area contributed by atoms with Crippen molar-refractivity contribution in [3.05, 3.63) is 142 Å². The maximum absolute atomic E-state index is 11.9. The summed E-state index contributed by atoms with van der Waals surface area (Å²) in [5.74, 6) is 4.53. The van der Waals surface area contributed by atoms with E-state index in [4.69, 9.17) is 5.90 Å². The molecule has 0 bridgehead atoms. The lowest BCUT2D eigenvalue weighted by Crippen LogP contribution is -2.26. The molecule has 68 heavy (non-hydrogen) atoms. The Kier molecular flexibility index (Phi) is 32.3. The molecule has 370 valence electrons. The Morgan fingerprint density at radius 3 is 1.21 bits per heavy atom. The number of nitrogens with one attached hydrogen (secondary N) is 4. The molecule has 4 aromatic carbocycles. The first-order valence-corrected chi connectivity index (χ1v) is 24.1. The highest BCUT2D eigenvalue weighted by molar-refractivity contribution is 6.07. The van der Waals surface area contributed by atoms with Crippen molar-refractivity contribution in [2.24, 2.45) is 5.90 Å². The van der Waals surface area contributed by atoms with Crippen LogP contribution in [0, 0.1) is 0 Å². The Morgan fingerprint density at radius 2 is 0.779 bits per heavy atom. The zero-order chi connectivity index (χ0) is 50.5. The predicted octanol–water partition coefficient (Wildman–Crippen LogP) is 10.4. The standard InChI is InChI=1S/3C14H19NO2.C13H20N2O2/c1-3-4-7-10-15-14(17)13-9-6-5-8-12(13)11(2)16;1-3-4-5-10-15-14(17)13-8-6-12(7-9-13)11(2)16;1-3-4-5-9-15-14(17)13-8-6-7-12(10-13)11(2)16;1-2-3-4-8-15-13(16)12-7-5-6-11(9-12)10-17-14/h5-6,8-9H,3-4,7,10H2,1-2H3,(H,15,17);6-9H,3-5,10H2,1-2H3,(H,15,17);6-8,10H,3-5,9H2,1-2H3,(H,15,17);5-7,9H,2-4,8,10,14H2,1H3,(H,15,16). The highest BCUT2D eigenvalue weighted by Crippen LogP contribution is 2.11. The smallest absolute Gasteiger partial charge is 0.252 e. The summed E-state index contributed by atoms with van der Waals surface area (Å²) in [5, 5.41) is 11.4. The topological polar surface area (TPSA) is 203 Å². The third-order valence-electron chi connectivity index (χ3n) is 10.3. The molecule has 0 atom stereocenters. The van der Waals surface area contributed by atoms with E-state index in [1.807, 2.05) is 12.1 Å². The van der Waals surface area contributed by atoms with Crippen LogP contribution in [0.15, 0.2) is 97.1 Å². The molecule has 4 rings (SSSR count). The largest absolute Gasteiger partial charge is 0.352 e. The fourth-order valence-electron chi connectivity index (χ4n) is 6.33. The van der Waals surface area contributed by atoms with Crippen LogP contribution in [0.2, 0.25) is 0 Å². The van der Waals surface area contributed by atoms with Crippen molar-refractivity contribution >= 4 is 41.0 Å². The van der Waals surface area contributed by atoms with Crippen molar-refractivity contribution in [3.8, 4) is 0 Å². The Balaban J connectivity index is 0.000000453. The van der Waals surface area contributed by atoms with Crippen LogP contribution >= 0.6 is 0 Å². The summed E-state index contributed by atoms with van der Waals surface area (Å²) in [7, 11) is 0. The lowest BCUT2D eigenvalue weighted by atomic mass is 10.0. The van der Waals surface area contributed by atoms with Crippen LogP contribution in [0.4, 0.5) is 0 Å². The first kappa shape index (κ1) is 59.7. The highest BCUT2D eigenvalue weighted by Gasteiger charge is 2.13. The van der Waals surface area contributed by atoms with Crippen LogP contribution in [0.5, 0.6) is 0 Å². The number of rotatable bonds is 25. The van der Waals surface area contributed by atoms with Gasteiger partial charge in [-0.15, -0.1) is 0 Å². The fourth-order valence-corrected chi connectivity index (χ4v) is 6.33. The average Bonchev–Trinajstić information content (AvgIpc) is 3.35. The van der Waals surface area contributed by atoms with E-state index in [0.29, 0.717) is 65.2 Å². The van der Waals surface area contributed by atoms with Gasteiger partial charge in [-0.25, -0.2) is 5.90 Å². The molecule has 13 heteroatoms. The Bertz CT molecular complexity index is 2140. The molecule has 0 radical (unpaired) electrons. The van der Waals surface area contributed by atoms with Gasteiger partial charge < -0.3 is 21.3 Å². The third-order valence-corrected chi connectivity index (χ3v) is 10.3. The molecule has 0 heterocycles. The van der Waals surface area contributed by atoms with E-state index in [0.717, 1.165) is 89.2 Å². The van der Waals surface area contributed by atoms with Gasteiger partial charge in [0, 0.05) is 59.6 Å². The number of nitrogens with two attached hydrogens (primary N) is 1. The van der Waals surface area contributed by atoms with Gasteiger partial charge in [0.05, 0.1) is 12.2 Å². The second-order valence-corrected chi connectivity index (χ2v) is 16.2. The van der Waals surface area contributed by atoms with Gasteiger partial charge >= 0.3 is 0 Å². The molecule has 0 aliphatic heterocycles. The van der Waals surface area contributed by atoms with Crippen LogP contribution in [0.3, 0.4) is 0 Å². The van der Waals surface area contributed by atoms with Crippen LogP contribution in [-0.2, 0) is 11.4 Å². The van der Waals surface area contributed by atoms with Gasteiger partial charge in [0.25, 0.3) is 23.6 Å². The van der Waals surface area contributed by atoms with Crippen molar-refractivity contribution in [1.82, 2.24) is 21.3 Å². The van der Waals surface area contributed by atoms with E-state index < -0.39 is 0 Å². The Labute approximate surface area is 405 Å². The van der Waals surface area contributed by atoms with Gasteiger partial charge in [-0.2, -0.15) is 0 Å². The van der Waals surface area contributed by atoms with E-state index in [1.165, 1.54) is 20.8 Å². The van der Waals surface area contributed by atoms with Crippen molar-refractivity contribution in [2.45, 2.75) is 132 Å². The molecule has 0 fully saturated rings. The lowest BCUT2D eigenvalue weighted by Gasteiger charge is -2.07. The summed E-state index contributed by atoms with van der Waals surface area (Å²) in [6, 6.07) is 27.7. The van der Waals surface area contributed by atoms with E-state index in [2.05, 4.69) is 53.8 Å². The van der Waals surface area contributed by atoms with Gasteiger partial charge in [-0.3, -0.25) is 38.4 Å². The Morgan fingerprint density at radius 1 is 0.397 bits per heavy atom. The second kappa shape index (κ2) is 36.8. The van der Waals surface area contributed by atoms with Gasteiger partial charge in [-0.05, 0) is 94.5 Å². The number of benzene rings is 4. The number of ketones is 3. The maximum atomic E-state index is 11.9. The van der Waals surface area contributed by atoms with Crippen LogP contribution in [0.25, 0.3) is 0 Å². The molecule has 4 amide bonds. The molecule has 6 N–H and O–H groups in total. The molecule has 0 spiro atoms. The highest BCUT2D eigenvalue weighted by atomic mass is 16.6. The zero-order valence-corrected chi connectivity index (χ0v) is 41.6. The van der Waals surface area contributed by atoms with E-state index in [1.54, 1.807) is 84.9 Å². The molecule has 0 unspecified atom stereocenters. The fraction of sp³-hybridized carbons (Fsp3) is 0.436. The quantitative estimate of drug-likeness (QED) is 0.0243. The maximum Gasteiger partial charge on any atom is 0.252 e. The normalized spacial score (nSPS) is 10.1. The number of hydrogen-bond acceptors (Lipinski definition) is 9. The minimum absolute atomic E-state index is 0.0138. The molecular weight excluding hydrogens is 859 g/mol. The minimum Gasteiger partial charge on any atom is -0.352 e. The average molecular weight is 936 g/mol. The first-order chi connectivity index (χ1) is 32.7. The number of unbranched alkanes of at least 4 members (excludes halogenated alkanes) is 8. The number of hydrogen-bond donors (Lipinski definition) is 5. The zero-order valence-electron chi connectivity index (χ0n) is 41.6. The molecule has 13 nitrogen and oxygen atoms in total. The monoisotopic (exact) mass is 936 g/mol. The Hall–Kier alpha value is -6.31. The molecule has 0 saturated heterocycles.